The van der Waals surface area contributed by atoms with Crippen molar-refractivity contribution in [2.75, 3.05) is 40.4 Å². The van der Waals surface area contributed by atoms with E-state index < -0.39 is 0 Å². The van der Waals surface area contributed by atoms with E-state index in [-0.39, 0.29) is 11.6 Å². The number of aromatic nitrogens is 4. The lowest BCUT2D eigenvalue weighted by Crippen LogP contribution is -2.51. The van der Waals surface area contributed by atoms with Crippen LogP contribution in [0.4, 0.5) is 0 Å². The summed E-state index contributed by atoms with van der Waals surface area (Å²) in [4.78, 5) is 5.17. The Hall–Kier alpha value is -2.19. The van der Waals surface area contributed by atoms with E-state index >= 15 is 0 Å². The largest absolute Gasteiger partial charge is 0.493 e. The number of methoxy groups -OCH3 is 2. The molecule has 1 saturated heterocycles. The quantitative estimate of drug-likeness (QED) is 0.700. The molecule has 1 atom stereocenters. The van der Waals surface area contributed by atoms with Crippen LogP contribution in [0.5, 0.6) is 11.5 Å². The molecule has 1 aliphatic carbocycles. The second-order valence-corrected chi connectivity index (χ2v) is 9.62. The predicted molar refractivity (Wildman–Crippen MR) is 120 cm³/mol. The van der Waals surface area contributed by atoms with Crippen LogP contribution in [0.15, 0.2) is 18.2 Å². The zero-order valence-corrected chi connectivity index (χ0v) is 19.5. The molecule has 2 aliphatic rings. The topological polar surface area (TPSA) is 68.5 Å². The molecule has 1 saturated carbocycles. The Morgan fingerprint density at radius 1 is 1.00 bits per heavy atom. The second kappa shape index (κ2) is 9.12. The summed E-state index contributed by atoms with van der Waals surface area (Å²) in [5.41, 5.74) is 0.811. The van der Waals surface area contributed by atoms with Gasteiger partial charge in [-0.2, -0.15) is 0 Å². The average Bonchev–Trinajstić information content (AvgIpc) is 3.46. The van der Waals surface area contributed by atoms with Crippen molar-refractivity contribution in [2.24, 2.45) is 0 Å². The highest BCUT2D eigenvalue weighted by molar-refractivity contribution is 5.49. The highest BCUT2D eigenvalue weighted by Crippen LogP contribution is 2.40. The Bertz CT molecular complexity index is 863. The normalized spacial score (nSPS) is 20.2. The Kier molecular flexibility index (Phi) is 6.48. The molecular formula is C23H36N6O2. The maximum atomic E-state index is 5.83. The fourth-order valence-corrected chi connectivity index (χ4v) is 5.10. The van der Waals surface area contributed by atoms with Gasteiger partial charge in [-0.15, -0.1) is 5.10 Å². The molecule has 2 aromatic rings. The molecular weight excluding hydrogens is 392 g/mol. The van der Waals surface area contributed by atoms with Gasteiger partial charge in [-0.25, -0.2) is 4.68 Å². The number of hydrogen-bond acceptors (Lipinski definition) is 7. The van der Waals surface area contributed by atoms with E-state index in [1.54, 1.807) is 14.2 Å². The number of hydrogen-bond donors (Lipinski definition) is 0. The van der Waals surface area contributed by atoms with Crippen molar-refractivity contribution in [3.8, 4) is 11.5 Å². The van der Waals surface area contributed by atoms with Crippen LogP contribution in [0.2, 0.25) is 0 Å². The lowest BCUT2D eigenvalue weighted by Gasteiger charge is -2.41. The fourth-order valence-electron chi connectivity index (χ4n) is 5.10. The Morgan fingerprint density at radius 2 is 1.71 bits per heavy atom. The number of rotatable bonds is 6. The molecule has 0 bridgehead atoms. The first kappa shape index (κ1) is 22.0. The highest BCUT2D eigenvalue weighted by Gasteiger charge is 2.36. The molecule has 1 aliphatic heterocycles. The Balaban J connectivity index is 1.71. The van der Waals surface area contributed by atoms with Crippen LogP contribution >= 0.6 is 0 Å². The van der Waals surface area contributed by atoms with Crippen LogP contribution < -0.4 is 9.47 Å². The van der Waals surface area contributed by atoms with Gasteiger partial charge >= 0.3 is 0 Å². The van der Waals surface area contributed by atoms with E-state index in [2.05, 4.69) is 52.2 Å². The van der Waals surface area contributed by atoms with Gasteiger partial charge < -0.3 is 9.47 Å². The minimum Gasteiger partial charge on any atom is -0.493 e. The zero-order chi connectivity index (χ0) is 22.0. The summed E-state index contributed by atoms with van der Waals surface area (Å²) < 4.78 is 13.4. The van der Waals surface area contributed by atoms with Crippen molar-refractivity contribution in [2.45, 2.75) is 64.1 Å². The maximum Gasteiger partial charge on any atom is 0.173 e. The number of benzene rings is 1. The summed E-state index contributed by atoms with van der Waals surface area (Å²) in [6.45, 7) is 10.5. The van der Waals surface area contributed by atoms with Gasteiger partial charge in [0.15, 0.2) is 17.3 Å². The SMILES string of the molecule is COc1cccc([C@@H](c2nnnn2C(C)(C)C)N2CCN(C3CCCC3)CC2)c1OC. The predicted octanol–water partition coefficient (Wildman–Crippen LogP) is 3.09. The molecule has 8 heteroatoms. The van der Waals surface area contributed by atoms with Crippen molar-refractivity contribution in [3.63, 3.8) is 0 Å². The van der Waals surface area contributed by atoms with Crippen molar-refractivity contribution in [1.29, 1.82) is 0 Å². The number of piperazine rings is 1. The smallest absolute Gasteiger partial charge is 0.173 e. The van der Waals surface area contributed by atoms with E-state index in [9.17, 15) is 0 Å². The highest BCUT2D eigenvalue weighted by atomic mass is 16.5. The van der Waals surface area contributed by atoms with Crippen molar-refractivity contribution >= 4 is 0 Å². The van der Waals surface area contributed by atoms with Crippen molar-refractivity contribution in [3.05, 3.63) is 29.6 Å². The van der Waals surface area contributed by atoms with E-state index in [0.717, 1.165) is 55.1 Å². The summed E-state index contributed by atoms with van der Waals surface area (Å²) >= 11 is 0. The Labute approximate surface area is 185 Å². The molecule has 31 heavy (non-hydrogen) atoms. The first-order chi connectivity index (χ1) is 14.9. The molecule has 0 radical (unpaired) electrons. The van der Waals surface area contributed by atoms with Crippen LogP contribution in [0.1, 0.15) is 63.9 Å². The molecule has 2 fully saturated rings. The summed E-state index contributed by atoms with van der Waals surface area (Å²) in [6, 6.07) is 6.71. The van der Waals surface area contributed by atoms with Crippen LogP contribution in [-0.2, 0) is 5.54 Å². The minimum atomic E-state index is -0.227. The number of tetrazole rings is 1. The first-order valence-corrected chi connectivity index (χ1v) is 11.4. The molecule has 170 valence electrons. The zero-order valence-electron chi connectivity index (χ0n) is 19.5. The third-order valence-electron chi connectivity index (χ3n) is 6.66. The van der Waals surface area contributed by atoms with Gasteiger partial charge in [0.2, 0.25) is 0 Å². The van der Waals surface area contributed by atoms with Gasteiger partial charge in [-0.1, -0.05) is 25.0 Å². The van der Waals surface area contributed by atoms with Gasteiger partial charge in [0.05, 0.1) is 19.8 Å². The van der Waals surface area contributed by atoms with Crippen molar-refractivity contribution < 1.29 is 9.47 Å². The van der Waals surface area contributed by atoms with Gasteiger partial charge in [0, 0.05) is 37.8 Å². The molecule has 0 unspecified atom stereocenters. The minimum absolute atomic E-state index is 0.106. The second-order valence-electron chi connectivity index (χ2n) is 9.62. The molecule has 8 nitrogen and oxygen atoms in total. The van der Waals surface area contributed by atoms with E-state index in [0.29, 0.717) is 0 Å². The van der Waals surface area contributed by atoms with Crippen LogP contribution in [0.25, 0.3) is 0 Å². The summed E-state index contributed by atoms with van der Waals surface area (Å²) in [6.07, 6.45) is 5.43. The number of nitrogens with zero attached hydrogens (tertiary/aromatic N) is 6. The van der Waals surface area contributed by atoms with Gasteiger partial charge in [0.1, 0.15) is 6.04 Å². The average molecular weight is 429 g/mol. The summed E-state index contributed by atoms with van der Waals surface area (Å²) in [5.74, 6) is 2.31. The molecule has 4 rings (SSSR count). The van der Waals surface area contributed by atoms with Gasteiger partial charge in [-0.05, 0) is 50.1 Å². The van der Waals surface area contributed by atoms with Crippen LogP contribution in [-0.4, -0.2) is 76.4 Å². The first-order valence-electron chi connectivity index (χ1n) is 11.4. The Morgan fingerprint density at radius 3 is 2.32 bits per heavy atom. The lowest BCUT2D eigenvalue weighted by molar-refractivity contribution is 0.0747. The van der Waals surface area contributed by atoms with Crippen molar-refractivity contribution in [1.82, 2.24) is 30.0 Å². The molecule has 1 aromatic carbocycles. The lowest BCUT2D eigenvalue weighted by atomic mass is 9.99. The third-order valence-corrected chi connectivity index (χ3v) is 6.66. The molecule has 0 N–H and O–H groups in total. The third kappa shape index (κ3) is 4.41. The monoisotopic (exact) mass is 428 g/mol. The van der Waals surface area contributed by atoms with Gasteiger partial charge in [-0.3, -0.25) is 9.80 Å². The maximum absolute atomic E-state index is 5.83. The van der Waals surface area contributed by atoms with E-state index in [1.807, 2.05) is 16.8 Å². The fraction of sp³-hybridized carbons (Fsp3) is 0.696. The van der Waals surface area contributed by atoms with Crippen LogP contribution in [0, 0.1) is 0 Å². The van der Waals surface area contributed by atoms with Gasteiger partial charge in [0.25, 0.3) is 0 Å². The van der Waals surface area contributed by atoms with E-state index in [4.69, 9.17) is 9.47 Å². The standard InChI is InChI=1S/C23H36N6O2/c1-23(2,3)29-22(24-25-26-29)20(18-11-8-12-19(30-4)21(18)31-5)28-15-13-27(14-16-28)17-9-6-7-10-17/h8,11-12,17,20H,6-7,9-10,13-16H2,1-5H3/t20-/m0/s1. The number of para-hydroxylation sites is 1. The molecule has 0 spiro atoms. The number of ether oxygens (including phenoxy) is 2. The molecule has 0 amide bonds. The molecule has 1 aromatic heterocycles. The summed E-state index contributed by atoms with van der Waals surface area (Å²) in [7, 11) is 3.37. The molecule has 2 heterocycles. The van der Waals surface area contributed by atoms with Crippen LogP contribution in [0.3, 0.4) is 0 Å². The summed E-state index contributed by atoms with van der Waals surface area (Å²) in [5, 5.41) is 12.9. The van der Waals surface area contributed by atoms with E-state index in [1.165, 1.54) is 25.7 Å².